The van der Waals surface area contributed by atoms with Crippen molar-refractivity contribution >= 4 is 11.9 Å². The molecular formula is C36H46N4O8. The van der Waals surface area contributed by atoms with Crippen molar-refractivity contribution in [3.63, 3.8) is 0 Å². The molecule has 12 nitrogen and oxygen atoms in total. The molecule has 0 unspecified atom stereocenters. The van der Waals surface area contributed by atoms with E-state index in [0.29, 0.717) is 49.4 Å². The lowest BCUT2D eigenvalue weighted by Crippen LogP contribution is -2.44. The van der Waals surface area contributed by atoms with Crippen LogP contribution in [0.5, 0.6) is 28.7 Å². The van der Waals surface area contributed by atoms with Crippen molar-refractivity contribution in [1.82, 2.24) is 10.3 Å². The van der Waals surface area contributed by atoms with Crippen LogP contribution < -0.4 is 20.5 Å². The van der Waals surface area contributed by atoms with Gasteiger partial charge in [-0.25, -0.2) is 0 Å². The van der Waals surface area contributed by atoms with Gasteiger partial charge in [0.1, 0.15) is 12.2 Å². The monoisotopic (exact) mass is 662 g/mol. The predicted molar refractivity (Wildman–Crippen MR) is 179 cm³/mol. The van der Waals surface area contributed by atoms with Crippen molar-refractivity contribution in [2.75, 3.05) is 13.7 Å². The fourth-order valence-corrected chi connectivity index (χ4v) is 6.41. The van der Waals surface area contributed by atoms with Gasteiger partial charge in [-0.05, 0) is 79.1 Å². The van der Waals surface area contributed by atoms with Crippen molar-refractivity contribution in [3.05, 3.63) is 71.5 Å². The zero-order chi connectivity index (χ0) is 34.0. The van der Waals surface area contributed by atoms with Crippen LogP contribution in [-0.4, -0.2) is 70.2 Å². The highest BCUT2D eigenvalue weighted by Gasteiger charge is 2.33. The molecule has 2 aliphatic rings. The number of benzene rings is 2. The number of phenolic OH excluding ortho intramolecular Hbond substituents is 3. The predicted octanol–water partition coefficient (Wildman–Crippen LogP) is 4.83. The van der Waals surface area contributed by atoms with Gasteiger partial charge in [0.25, 0.3) is 0 Å². The minimum Gasteiger partial charge on any atom is -0.504 e. The number of nitrogens with one attached hydrogen (secondary N) is 1. The summed E-state index contributed by atoms with van der Waals surface area (Å²) in [5.74, 6) is 0.0146. The third-order valence-electron chi connectivity index (χ3n) is 8.80. The van der Waals surface area contributed by atoms with Gasteiger partial charge in [0, 0.05) is 58.1 Å². The van der Waals surface area contributed by atoms with Crippen LogP contribution in [0.25, 0.3) is 0 Å². The lowest BCUT2D eigenvalue weighted by atomic mass is 9.92. The number of phenols is 3. The number of pyridine rings is 1. The Kier molecular flexibility index (Phi) is 11.8. The van der Waals surface area contributed by atoms with E-state index in [1.807, 2.05) is 24.3 Å². The molecule has 1 saturated carbocycles. The van der Waals surface area contributed by atoms with Crippen LogP contribution in [-0.2, 0) is 27.1 Å². The van der Waals surface area contributed by atoms with Crippen molar-refractivity contribution in [2.24, 2.45) is 10.7 Å². The largest absolute Gasteiger partial charge is 0.504 e. The molecule has 1 saturated heterocycles. The van der Waals surface area contributed by atoms with Crippen LogP contribution in [0, 0.1) is 0 Å². The first kappa shape index (κ1) is 34.6. The Morgan fingerprint density at radius 3 is 2.65 bits per heavy atom. The highest BCUT2D eigenvalue weighted by molar-refractivity contribution is 5.77. The van der Waals surface area contributed by atoms with Crippen LogP contribution in [0.4, 0.5) is 0 Å². The number of hydrogen-bond acceptors (Lipinski definition) is 10. The maximum atomic E-state index is 11.9. The van der Waals surface area contributed by atoms with Gasteiger partial charge in [0.15, 0.2) is 29.0 Å². The lowest BCUT2D eigenvalue weighted by Gasteiger charge is -2.35. The minimum absolute atomic E-state index is 0.0695. The van der Waals surface area contributed by atoms with Crippen LogP contribution >= 0.6 is 0 Å². The van der Waals surface area contributed by atoms with Crippen LogP contribution in [0.1, 0.15) is 74.7 Å². The Morgan fingerprint density at radius 1 is 1.02 bits per heavy atom. The summed E-state index contributed by atoms with van der Waals surface area (Å²) in [7, 11) is 1.65. The van der Waals surface area contributed by atoms with Gasteiger partial charge in [-0.15, -0.1) is 0 Å². The Bertz CT molecular complexity index is 1550. The molecule has 0 bridgehead atoms. The summed E-state index contributed by atoms with van der Waals surface area (Å²) in [6, 6.07) is 12.4. The molecule has 5 atom stereocenters. The van der Waals surface area contributed by atoms with E-state index in [0.717, 1.165) is 36.8 Å². The molecule has 1 aliphatic heterocycles. The number of aryl methyl sites for hydroxylation is 1. The summed E-state index contributed by atoms with van der Waals surface area (Å²) in [6.45, 7) is 1.65. The second kappa shape index (κ2) is 16.4. The number of aliphatic imine (C=N–C) groups is 1. The Balaban J connectivity index is 1.24. The Labute approximate surface area is 280 Å². The molecule has 2 heterocycles. The summed E-state index contributed by atoms with van der Waals surface area (Å²) in [5, 5.41) is 34.9. The summed E-state index contributed by atoms with van der Waals surface area (Å²) < 4.78 is 24.3. The molecule has 1 aliphatic carbocycles. The van der Waals surface area contributed by atoms with E-state index in [1.165, 1.54) is 13.0 Å². The maximum absolute atomic E-state index is 11.9. The molecule has 3 aromatic rings. The number of aromatic nitrogens is 1. The molecule has 12 heteroatoms. The van der Waals surface area contributed by atoms with E-state index >= 15 is 0 Å². The van der Waals surface area contributed by atoms with Gasteiger partial charge >= 0.3 is 5.97 Å². The van der Waals surface area contributed by atoms with Gasteiger partial charge in [0.2, 0.25) is 5.75 Å². The molecule has 258 valence electrons. The average Bonchev–Trinajstić information content (AvgIpc) is 3.07. The molecule has 48 heavy (non-hydrogen) atoms. The lowest BCUT2D eigenvalue weighted by molar-refractivity contribution is -0.160. The molecular weight excluding hydrogens is 616 g/mol. The fraction of sp³-hybridized carbons (Fsp3) is 0.472. The van der Waals surface area contributed by atoms with Gasteiger partial charge in [0.05, 0.1) is 18.8 Å². The maximum Gasteiger partial charge on any atom is 0.302 e. The number of nitrogens with two attached hydrogens (primary N) is 1. The van der Waals surface area contributed by atoms with Crippen molar-refractivity contribution in [3.8, 4) is 28.7 Å². The number of ether oxygens (including phenoxy) is 4. The molecule has 1 aromatic heterocycles. The van der Waals surface area contributed by atoms with Crippen LogP contribution in [0.3, 0.4) is 0 Å². The smallest absolute Gasteiger partial charge is 0.302 e. The first-order valence-electron chi connectivity index (χ1n) is 16.5. The molecule has 2 aromatic carbocycles. The molecule has 5 rings (SSSR count). The standard InChI is InChI=1S/C36H46N4O8/c1-22(41)46-29-19-28(10-8-23-9-11-30(42)33(15-23)48-27-7-3-6-26(18-27)40-36(37)38-2)47-32(20-29)25-16-31(43)35(44)34(17-25)45-14-12-24-5-4-13-39-21-24/h4-5,9,11,13,15-17,21,26-29,32,42-44H,3,6-8,10,12,14,18-20H2,1-2H3,(H3,37,38,40)/t26-,27-,28+,29+,32+/m1/s1. The van der Waals surface area contributed by atoms with Crippen LogP contribution in [0.2, 0.25) is 0 Å². The highest BCUT2D eigenvalue weighted by Crippen LogP contribution is 2.43. The summed E-state index contributed by atoms with van der Waals surface area (Å²) in [6.07, 6.45) is 8.48. The third kappa shape index (κ3) is 9.66. The number of rotatable bonds is 12. The first-order chi connectivity index (χ1) is 23.2. The van der Waals surface area contributed by atoms with Gasteiger partial charge in [-0.3, -0.25) is 14.8 Å². The van der Waals surface area contributed by atoms with Gasteiger partial charge in [-0.2, -0.15) is 0 Å². The average molecular weight is 663 g/mol. The molecule has 0 amide bonds. The zero-order valence-electron chi connectivity index (χ0n) is 27.5. The molecule has 2 fully saturated rings. The summed E-state index contributed by atoms with van der Waals surface area (Å²) in [5.41, 5.74) is 8.42. The highest BCUT2D eigenvalue weighted by atomic mass is 16.6. The first-order valence-corrected chi connectivity index (χ1v) is 16.5. The van der Waals surface area contributed by atoms with E-state index in [1.54, 1.807) is 31.6 Å². The van der Waals surface area contributed by atoms with Gasteiger partial charge < -0.3 is 45.3 Å². The topological polar surface area (TPSA) is 178 Å². The fourth-order valence-electron chi connectivity index (χ4n) is 6.41. The number of aromatic hydroxyl groups is 3. The normalized spacial score (nSPS) is 22.9. The van der Waals surface area contributed by atoms with E-state index in [-0.39, 0.29) is 53.8 Å². The van der Waals surface area contributed by atoms with E-state index in [4.69, 9.17) is 24.7 Å². The SMILES string of the molecule is CN=C(N)N[C@@H]1CCC[C@@H](Oc2cc(CC[C@H]3C[C@H](OC(C)=O)C[C@@H](c4cc(O)c(O)c(OCCc5cccnc5)c4)O3)ccc2O)C1. The molecule has 0 spiro atoms. The number of esters is 1. The van der Waals surface area contributed by atoms with Crippen LogP contribution in [0.15, 0.2) is 59.9 Å². The quantitative estimate of drug-likeness (QED) is 0.0777. The van der Waals surface area contributed by atoms with Gasteiger partial charge in [-0.1, -0.05) is 12.1 Å². The van der Waals surface area contributed by atoms with E-state index < -0.39 is 12.2 Å². The van der Waals surface area contributed by atoms with E-state index in [9.17, 15) is 20.1 Å². The zero-order valence-corrected chi connectivity index (χ0v) is 27.5. The van der Waals surface area contributed by atoms with Crippen molar-refractivity contribution in [1.29, 1.82) is 0 Å². The Morgan fingerprint density at radius 2 is 1.88 bits per heavy atom. The van der Waals surface area contributed by atoms with Crippen molar-refractivity contribution < 1.29 is 39.1 Å². The summed E-state index contributed by atoms with van der Waals surface area (Å²) >= 11 is 0. The Hall–Kier alpha value is -4.71. The summed E-state index contributed by atoms with van der Waals surface area (Å²) in [4.78, 5) is 20.0. The van der Waals surface area contributed by atoms with E-state index in [2.05, 4.69) is 15.3 Å². The number of carbonyl (C=O) groups excluding carboxylic acids is 1. The second-order valence-electron chi connectivity index (χ2n) is 12.5. The number of guanidine groups is 1. The van der Waals surface area contributed by atoms with Crippen molar-refractivity contribution in [2.45, 2.75) is 95.2 Å². The molecule has 6 N–H and O–H groups in total. The molecule has 0 radical (unpaired) electrons. The number of carbonyl (C=O) groups is 1. The number of hydrogen-bond donors (Lipinski definition) is 5. The minimum atomic E-state index is -0.515. The number of nitrogens with zero attached hydrogens (tertiary/aromatic N) is 2. The second-order valence-corrected chi connectivity index (χ2v) is 12.5. The third-order valence-corrected chi connectivity index (χ3v) is 8.80.